The molecule has 0 aliphatic heterocycles. The molecule has 0 atom stereocenters. The van der Waals surface area contributed by atoms with Crippen LogP contribution in [0.3, 0.4) is 0 Å². The van der Waals surface area contributed by atoms with Crippen LogP contribution in [0.1, 0.15) is 22.5 Å². The minimum absolute atomic E-state index is 0.396. The highest BCUT2D eigenvalue weighted by Gasteiger charge is 2.09. The monoisotopic (exact) mass is 279 g/mol. The number of aromatic nitrogens is 2. The third-order valence-electron chi connectivity index (χ3n) is 3.13. The van der Waals surface area contributed by atoms with E-state index in [0.717, 1.165) is 28.3 Å². The molecule has 0 saturated heterocycles. The summed E-state index contributed by atoms with van der Waals surface area (Å²) in [6.07, 6.45) is 1.62. The van der Waals surface area contributed by atoms with Crippen molar-refractivity contribution in [3.8, 4) is 5.75 Å². The van der Waals surface area contributed by atoms with Crippen LogP contribution in [0.5, 0.6) is 5.75 Å². The topological polar surface area (TPSA) is 53.1 Å². The second-order valence-electron chi connectivity index (χ2n) is 4.61. The summed E-state index contributed by atoms with van der Waals surface area (Å²) in [5.74, 6) is 1.68. The first-order valence-corrected chi connectivity index (χ1v) is 6.49. The molecule has 19 heavy (non-hydrogen) atoms. The number of ether oxygens (including phenoxy) is 1. The fourth-order valence-electron chi connectivity index (χ4n) is 2.08. The summed E-state index contributed by atoms with van der Waals surface area (Å²) in [5, 5.41) is 0.602. The second kappa shape index (κ2) is 5.63. The normalized spacial score (nSPS) is 10.8. The largest absolute Gasteiger partial charge is 0.485 e. The Kier molecular flexibility index (Phi) is 4.12. The van der Waals surface area contributed by atoms with Gasteiger partial charge in [0.1, 0.15) is 23.3 Å². The molecular weight excluding hydrogens is 262 g/mol. The smallest absolute Gasteiger partial charge is 0.147 e. The van der Waals surface area contributed by atoms with E-state index in [2.05, 4.69) is 4.98 Å². The van der Waals surface area contributed by atoms with Gasteiger partial charge in [-0.05, 0) is 30.5 Å². The van der Waals surface area contributed by atoms with E-state index in [9.17, 15) is 0 Å². The summed E-state index contributed by atoms with van der Waals surface area (Å²) in [5.41, 5.74) is 8.94. The number of hydrogen-bond donors (Lipinski definition) is 1. The fraction of sp³-hybridized carbons (Fsp3) is 0.357. The second-order valence-corrected chi connectivity index (χ2v) is 4.99. The lowest BCUT2D eigenvalue weighted by Gasteiger charge is -2.13. The van der Waals surface area contributed by atoms with Gasteiger partial charge in [-0.3, -0.25) is 0 Å². The maximum absolute atomic E-state index is 5.94. The summed E-state index contributed by atoms with van der Waals surface area (Å²) < 4.78 is 7.67. The minimum Gasteiger partial charge on any atom is -0.485 e. The van der Waals surface area contributed by atoms with Gasteiger partial charge in [-0.25, -0.2) is 4.98 Å². The van der Waals surface area contributed by atoms with Gasteiger partial charge in [0, 0.05) is 13.6 Å². The molecule has 2 aromatic rings. The van der Waals surface area contributed by atoms with Crippen molar-refractivity contribution in [2.45, 2.75) is 27.0 Å². The van der Waals surface area contributed by atoms with Crippen molar-refractivity contribution < 1.29 is 4.74 Å². The first kappa shape index (κ1) is 13.9. The van der Waals surface area contributed by atoms with Crippen LogP contribution in [0.2, 0.25) is 5.15 Å². The maximum atomic E-state index is 5.94. The van der Waals surface area contributed by atoms with Gasteiger partial charge in [-0.15, -0.1) is 0 Å². The summed E-state index contributed by atoms with van der Waals surface area (Å²) in [6, 6.07) is 4.10. The quantitative estimate of drug-likeness (QED) is 0.936. The SMILES string of the molecule is Cc1cc(CN)cc(C)c1OCc1ncc(Cl)n1C. The van der Waals surface area contributed by atoms with Crippen LogP contribution in [-0.4, -0.2) is 9.55 Å². The molecule has 0 saturated carbocycles. The van der Waals surface area contributed by atoms with Crippen LogP contribution < -0.4 is 10.5 Å². The van der Waals surface area contributed by atoms with E-state index in [1.54, 1.807) is 10.8 Å². The number of benzene rings is 1. The molecule has 1 heterocycles. The zero-order valence-corrected chi connectivity index (χ0v) is 12.2. The first-order chi connectivity index (χ1) is 9.02. The number of halogens is 1. The van der Waals surface area contributed by atoms with Gasteiger partial charge in [-0.1, -0.05) is 23.7 Å². The Bertz CT molecular complexity index is 569. The average Bonchev–Trinajstić information content (AvgIpc) is 2.69. The van der Waals surface area contributed by atoms with Crippen LogP contribution in [0.4, 0.5) is 0 Å². The third kappa shape index (κ3) is 2.91. The summed E-state index contributed by atoms with van der Waals surface area (Å²) in [7, 11) is 1.87. The van der Waals surface area contributed by atoms with Crippen molar-refractivity contribution in [1.82, 2.24) is 9.55 Å². The van der Waals surface area contributed by atoms with E-state index in [-0.39, 0.29) is 0 Å². The zero-order valence-electron chi connectivity index (χ0n) is 11.4. The molecule has 0 fully saturated rings. The Morgan fingerprint density at radius 2 is 1.95 bits per heavy atom. The Morgan fingerprint density at radius 3 is 2.42 bits per heavy atom. The molecule has 0 radical (unpaired) electrons. The molecular formula is C14H18ClN3O. The summed E-state index contributed by atoms with van der Waals surface area (Å²) in [4.78, 5) is 4.21. The summed E-state index contributed by atoms with van der Waals surface area (Å²) >= 11 is 5.94. The molecule has 0 bridgehead atoms. The molecule has 102 valence electrons. The van der Waals surface area contributed by atoms with Crippen molar-refractivity contribution in [2.24, 2.45) is 12.8 Å². The number of nitrogens with two attached hydrogens (primary N) is 1. The Balaban J connectivity index is 2.18. The van der Waals surface area contributed by atoms with Crippen molar-refractivity contribution in [3.63, 3.8) is 0 Å². The molecule has 5 heteroatoms. The molecule has 1 aromatic heterocycles. The van der Waals surface area contributed by atoms with Crippen molar-refractivity contribution in [3.05, 3.63) is 46.0 Å². The van der Waals surface area contributed by atoms with Crippen LogP contribution in [0.15, 0.2) is 18.3 Å². The highest BCUT2D eigenvalue weighted by Crippen LogP contribution is 2.25. The van der Waals surface area contributed by atoms with Gasteiger partial charge >= 0.3 is 0 Å². The van der Waals surface area contributed by atoms with Crippen molar-refractivity contribution in [2.75, 3.05) is 0 Å². The number of hydrogen-bond acceptors (Lipinski definition) is 3. The van der Waals surface area contributed by atoms with Gasteiger partial charge in [0.25, 0.3) is 0 Å². The molecule has 0 amide bonds. The molecule has 0 aliphatic carbocycles. The molecule has 0 aliphatic rings. The molecule has 0 spiro atoms. The lowest BCUT2D eigenvalue weighted by atomic mass is 10.1. The molecule has 2 N–H and O–H groups in total. The predicted molar refractivity (Wildman–Crippen MR) is 76.4 cm³/mol. The van der Waals surface area contributed by atoms with E-state index in [0.29, 0.717) is 18.3 Å². The molecule has 0 unspecified atom stereocenters. The van der Waals surface area contributed by atoms with Gasteiger partial charge in [0.05, 0.1) is 6.20 Å². The third-order valence-corrected chi connectivity index (χ3v) is 3.48. The average molecular weight is 280 g/mol. The minimum atomic E-state index is 0.396. The Morgan fingerprint density at radius 1 is 1.32 bits per heavy atom. The Labute approximate surface area is 118 Å². The van der Waals surface area contributed by atoms with E-state index >= 15 is 0 Å². The van der Waals surface area contributed by atoms with E-state index in [4.69, 9.17) is 22.1 Å². The number of rotatable bonds is 4. The van der Waals surface area contributed by atoms with E-state index < -0.39 is 0 Å². The van der Waals surface area contributed by atoms with Gasteiger partial charge in [0.15, 0.2) is 0 Å². The number of imidazole rings is 1. The summed E-state index contributed by atoms with van der Waals surface area (Å²) in [6.45, 7) is 4.98. The fourth-order valence-corrected chi connectivity index (χ4v) is 2.23. The van der Waals surface area contributed by atoms with Gasteiger partial charge < -0.3 is 15.0 Å². The maximum Gasteiger partial charge on any atom is 0.147 e. The van der Waals surface area contributed by atoms with E-state index in [1.807, 2.05) is 33.0 Å². The van der Waals surface area contributed by atoms with Crippen LogP contribution in [-0.2, 0) is 20.2 Å². The van der Waals surface area contributed by atoms with Crippen molar-refractivity contribution in [1.29, 1.82) is 0 Å². The van der Waals surface area contributed by atoms with Gasteiger partial charge in [0.2, 0.25) is 0 Å². The molecule has 2 rings (SSSR count). The molecule has 4 nitrogen and oxygen atoms in total. The van der Waals surface area contributed by atoms with Crippen LogP contribution in [0.25, 0.3) is 0 Å². The van der Waals surface area contributed by atoms with Crippen LogP contribution in [0, 0.1) is 13.8 Å². The highest BCUT2D eigenvalue weighted by atomic mass is 35.5. The Hall–Kier alpha value is -1.52. The first-order valence-electron chi connectivity index (χ1n) is 6.12. The molecule has 1 aromatic carbocycles. The standard InChI is InChI=1S/C14H18ClN3O/c1-9-4-11(6-16)5-10(2)14(9)19-8-13-17-7-12(15)18(13)3/h4-5,7H,6,8,16H2,1-3H3. The van der Waals surface area contributed by atoms with Crippen LogP contribution >= 0.6 is 11.6 Å². The van der Waals surface area contributed by atoms with Crippen molar-refractivity contribution >= 4 is 11.6 Å². The lowest BCUT2D eigenvalue weighted by molar-refractivity contribution is 0.288. The van der Waals surface area contributed by atoms with Gasteiger partial charge in [-0.2, -0.15) is 0 Å². The lowest BCUT2D eigenvalue weighted by Crippen LogP contribution is -2.06. The number of nitrogens with zero attached hydrogens (tertiary/aromatic N) is 2. The predicted octanol–water partition coefficient (Wildman–Crippen LogP) is 2.73. The number of aryl methyl sites for hydroxylation is 2. The zero-order chi connectivity index (χ0) is 14.0. The highest BCUT2D eigenvalue weighted by molar-refractivity contribution is 6.29. The van der Waals surface area contributed by atoms with E-state index in [1.165, 1.54) is 0 Å².